The number of nitrogens with zero attached hydrogens (tertiary/aromatic N) is 1. The van der Waals surface area contributed by atoms with E-state index in [0.29, 0.717) is 17.9 Å². The van der Waals surface area contributed by atoms with Crippen LogP contribution in [0.2, 0.25) is 0 Å². The lowest BCUT2D eigenvalue weighted by Crippen LogP contribution is -2.08. The standard InChI is InChI=1S/C24H19NO4/c26-24(27)23-22(16-28-15-17-7-3-1-4-8-17)21-12-11-20(13-18(21)14-25-23)29-19-9-5-2-6-10-19/h1-14H,15-16H2,(H,26,27). The highest BCUT2D eigenvalue weighted by atomic mass is 16.5. The molecule has 0 saturated heterocycles. The maximum Gasteiger partial charge on any atom is 0.354 e. The van der Waals surface area contributed by atoms with Crippen LogP contribution in [0, 0.1) is 0 Å². The first-order chi connectivity index (χ1) is 14.2. The molecule has 5 nitrogen and oxygen atoms in total. The Balaban J connectivity index is 1.61. The van der Waals surface area contributed by atoms with E-state index >= 15 is 0 Å². The van der Waals surface area contributed by atoms with Crippen molar-refractivity contribution in [1.29, 1.82) is 0 Å². The van der Waals surface area contributed by atoms with Crippen LogP contribution < -0.4 is 4.74 Å². The molecule has 0 aliphatic heterocycles. The number of hydrogen-bond acceptors (Lipinski definition) is 4. The third kappa shape index (κ3) is 4.42. The molecule has 0 unspecified atom stereocenters. The van der Waals surface area contributed by atoms with E-state index < -0.39 is 5.97 Å². The zero-order valence-corrected chi connectivity index (χ0v) is 15.6. The van der Waals surface area contributed by atoms with Gasteiger partial charge < -0.3 is 14.6 Å². The molecule has 0 aliphatic carbocycles. The number of carboxylic acids is 1. The Morgan fingerprint density at radius 2 is 1.59 bits per heavy atom. The van der Waals surface area contributed by atoms with Gasteiger partial charge in [-0.1, -0.05) is 54.6 Å². The van der Waals surface area contributed by atoms with Crippen molar-refractivity contribution in [3.8, 4) is 11.5 Å². The molecule has 1 heterocycles. The first-order valence-electron chi connectivity index (χ1n) is 9.20. The van der Waals surface area contributed by atoms with Gasteiger partial charge in [-0.2, -0.15) is 0 Å². The second-order valence-corrected chi connectivity index (χ2v) is 6.53. The fraction of sp³-hybridized carbons (Fsp3) is 0.0833. The minimum Gasteiger partial charge on any atom is -0.477 e. The first kappa shape index (κ1) is 18.7. The van der Waals surface area contributed by atoms with Crippen LogP contribution >= 0.6 is 0 Å². The Hall–Kier alpha value is -3.70. The van der Waals surface area contributed by atoms with E-state index in [-0.39, 0.29) is 12.3 Å². The van der Waals surface area contributed by atoms with Crippen molar-refractivity contribution in [2.75, 3.05) is 0 Å². The molecule has 5 heteroatoms. The maximum atomic E-state index is 11.7. The number of aromatic nitrogens is 1. The van der Waals surface area contributed by atoms with Gasteiger partial charge in [0.25, 0.3) is 0 Å². The molecule has 0 aliphatic rings. The summed E-state index contributed by atoms with van der Waals surface area (Å²) in [5.74, 6) is 0.313. The summed E-state index contributed by atoms with van der Waals surface area (Å²) in [7, 11) is 0. The number of benzene rings is 3. The summed E-state index contributed by atoms with van der Waals surface area (Å²) in [6.07, 6.45) is 1.55. The van der Waals surface area contributed by atoms with Crippen molar-refractivity contribution in [1.82, 2.24) is 4.98 Å². The average molecular weight is 385 g/mol. The highest BCUT2D eigenvalue weighted by Gasteiger charge is 2.16. The molecule has 0 amide bonds. The van der Waals surface area contributed by atoms with Crippen molar-refractivity contribution in [2.45, 2.75) is 13.2 Å². The molecule has 1 aromatic heterocycles. The summed E-state index contributed by atoms with van der Waals surface area (Å²) in [6.45, 7) is 0.547. The molecule has 0 radical (unpaired) electrons. The summed E-state index contributed by atoms with van der Waals surface area (Å²) >= 11 is 0. The number of carboxylic acid groups (broad SMARTS) is 1. The molecular weight excluding hydrogens is 366 g/mol. The van der Waals surface area contributed by atoms with Crippen LogP contribution in [0.3, 0.4) is 0 Å². The van der Waals surface area contributed by atoms with Crippen LogP contribution in [0.5, 0.6) is 11.5 Å². The van der Waals surface area contributed by atoms with E-state index in [2.05, 4.69) is 4.98 Å². The summed E-state index contributed by atoms with van der Waals surface area (Å²) in [4.78, 5) is 15.8. The van der Waals surface area contributed by atoms with Crippen molar-refractivity contribution < 1.29 is 19.4 Å². The quantitative estimate of drug-likeness (QED) is 0.459. The topological polar surface area (TPSA) is 68.7 Å². The summed E-state index contributed by atoms with van der Waals surface area (Å²) in [5.41, 5.74) is 1.58. The number of aromatic carboxylic acids is 1. The molecule has 0 atom stereocenters. The second-order valence-electron chi connectivity index (χ2n) is 6.53. The van der Waals surface area contributed by atoms with Gasteiger partial charge in [-0.25, -0.2) is 9.78 Å². The molecule has 144 valence electrons. The van der Waals surface area contributed by atoms with E-state index in [0.717, 1.165) is 22.1 Å². The lowest BCUT2D eigenvalue weighted by molar-refractivity contribution is 0.0677. The van der Waals surface area contributed by atoms with Crippen molar-refractivity contribution in [3.05, 3.63) is 102 Å². The van der Waals surface area contributed by atoms with Crippen molar-refractivity contribution >= 4 is 16.7 Å². The summed E-state index contributed by atoms with van der Waals surface area (Å²) in [6, 6.07) is 24.7. The number of pyridine rings is 1. The predicted octanol–water partition coefficient (Wildman–Crippen LogP) is 5.44. The number of rotatable bonds is 7. The lowest BCUT2D eigenvalue weighted by Gasteiger charge is -2.12. The molecule has 3 aromatic carbocycles. The number of fused-ring (bicyclic) bond motifs is 1. The molecule has 0 fully saturated rings. The number of hydrogen-bond donors (Lipinski definition) is 1. The fourth-order valence-electron chi connectivity index (χ4n) is 3.13. The van der Waals surface area contributed by atoms with Crippen LogP contribution in [-0.2, 0) is 18.0 Å². The largest absolute Gasteiger partial charge is 0.477 e. The van der Waals surface area contributed by atoms with Crippen LogP contribution in [0.15, 0.2) is 85.1 Å². The van der Waals surface area contributed by atoms with Crippen LogP contribution in [0.1, 0.15) is 21.6 Å². The summed E-state index contributed by atoms with van der Waals surface area (Å²) in [5, 5.41) is 11.1. The van der Waals surface area contributed by atoms with Gasteiger partial charge in [-0.3, -0.25) is 0 Å². The van der Waals surface area contributed by atoms with E-state index in [1.165, 1.54) is 0 Å². The van der Waals surface area contributed by atoms with Gasteiger partial charge >= 0.3 is 5.97 Å². The Labute approximate surface area is 168 Å². The Kier molecular flexibility index (Phi) is 5.49. The lowest BCUT2D eigenvalue weighted by atomic mass is 10.0. The van der Waals surface area contributed by atoms with E-state index in [4.69, 9.17) is 9.47 Å². The van der Waals surface area contributed by atoms with Crippen LogP contribution in [-0.4, -0.2) is 16.1 Å². The van der Waals surface area contributed by atoms with Crippen LogP contribution in [0.25, 0.3) is 10.8 Å². The van der Waals surface area contributed by atoms with Gasteiger partial charge in [0, 0.05) is 17.1 Å². The highest BCUT2D eigenvalue weighted by Crippen LogP contribution is 2.28. The fourth-order valence-corrected chi connectivity index (χ4v) is 3.13. The Morgan fingerprint density at radius 1 is 0.862 bits per heavy atom. The van der Waals surface area contributed by atoms with Gasteiger partial charge in [-0.05, 0) is 35.2 Å². The molecule has 0 saturated carbocycles. The van der Waals surface area contributed by atoms with Gasteiger partial charge in [0.15, 0.2) is 5.69 Å². The van der Waals surface area contributed by atoms with Crippen LogP contribution in [0.4, 0.5) is 0 Å². The van der Waals surface area contributed by atoms with Gasteiger partial charge in [0.1, 0.15) is 11.5 Å². The van der Waals surface area contributed by atoms with E-state index in [1.807, 2.05) is 78.9 Å². The Bertz CT molecular complexity index is 1130. The average Bonchev–Trinajstić information content (AvgIpc) is 2.75. The molecule has 0 spiro atoms. The zero-order chi connectivity index (χ0) is 20.1. The minimum atomic E-state index is -1.07. The second kappa shape index (κ2) is 8.54. The minimum absolute atomic E-state index is 0.00212. The van der Waals surface area contributed by atoms with Crippen molar-refractivity contribution in [2.24, 2.45) is 0 Å². The Morgan fingerprint density at radius 3 is 2.31 bits per heavy atom. The normalized spacial score (nSPS) is 10.8. The molecule has 29 heavy (non-hydrogen) atoms. The molecule has 0 bridgehead atoms. The van der Waals surface area contributed by atoms with E-state index in [1.54, 1.807) is 6.20 Å². The van der Waals surface area contributed by atoms with E-state index in [9.17, 15) is 9.90 Å². The SMILES string of the molecule is O=C(O)c1ncc2cc(Oc3ccccc3)ccc2c1COCc1ccccc1. The smallest absolute Gasteiger partial charge is 0.354 e. The zero-order valence-electron chi connectivity index (χ0n) is 15.6. The maximum absolute atomic E-state index is 11.7. The third-order valence-electron chi connectivity index (χ3n) is 4.51. The monoisotopic (exact) mass is 385 g/mol. The first-order valence-corrected chi connectivity index (χ1v) is 9.20. The number of carbonyl (C=O) groups is 1. The predicted molar refractivity (Wildman–Crippen MR) is 110 cm³/mol. The van der Waals surface area contributed by atoms with Crippen molar-refractivity contribution in [3.63, 3.8) is 0 Å². The number of ether oxygens (including phenoxy) is 2. The van der Waals surface area contributed by atoms with Gasteiger partial charge in [-0.15, -0.1) is 0 Å². The number of para-hydroxylation sites is 1. The molecule has 1 N–H and O–H groups in total. The van der Waals surface area contributed by atoms with Gasteiger partial charge in [0.2, 0.25) is 0 Å². The molecule has 4 aromatic rings. The summed E-state index contributed by atoms with van der Waals surface area (Å²) < 4.78 is 11.7. The van der Waals surface area contributed by atoms with Gasteiger partial charge in [0.05, 0.1) is 13.2 Å². The molecular formula is C24H19NO4. The third-order valence-corrected chi connectivity index (χ3v) is 4.51. The highest BCUT2D eigenvalue weighted by molar-refractivity contribution is 5.96. The molecule has 4 rings (SSSR count).